The normalized spacial score (nSPS) is 23.8. The van der Waals surface area contributed by atoms with Crippen LogP contribution in [0.1, 0.15) is 61.9 Å². The number of carbonyl (C=O) groups excluding carboxylic acids is 1. The quantitative estimate of drug-likeness (QED) is 0.749. The molecule has 0 spiro atoms. The van der Waals surface area contributed by atoms with Crippen molar-refractivity contribution in [1.82, 2.24) is 4.90 Å². The molecule has 2 atom stereocenters. The van der Waals surface area contributed by atoms with Crippen LogP contribution in [0, 0.1) is 6.92 Å². The largest absolute Gasteiger partial charge is 0.298 e. The molecule has 20 heavy (non-hydrogen) atoms. The number of carbonyl (C=O) groups is 1. The first kappa shape index (κ1) is 15.2. The number of hydrogen-bond donors (Lipinski definition) is 0. The average molecular weight is 273 g/mol. The van der Waals surface area contributed by atoms with Crippen molar-refractivity contribution in [2.45, 2.75) is 65.0 Å². The van der Waals surface area contributed by atoms with Crippen molar-refractivity contribution in [2.75, 3.05) is 6.54 Å². The predicted octanol–water partition coefficient (Wildman–Crippen LogP) is 4.22. The second kappa shape index (κ2) is 7.03. The minimum Gasteiger partial charge on any atom is -0.298 e. The summed E-state index contributed by atoms with van der Waals surface area (Å²) in [7, 11) is 0. The van der Waals surface area contributed by atoms with E-state index in [0.717, 1.165) is 24.1 Å². The van der Waals surface area contributed by atoms with Gasteiger partial charge in [0.2, 0.25) is 0 Å². The lowest BCUT2D eigenvalue weighted by Crippen LogP contribution is -2.44. The fourth-order valence-corrected chi connectivity index (χ4v) is 3.36. The van der Waals surface area contributed by atoms with E-state index in [1.807, 2.05) is 31.2 Å². The van der Waals surface area contributed by atoms with Gasteiger partial charge in [-0.25, -0.2) is 0 Å². The van der Waals surface area contributed by atoms with Crippen molar-refractivity contribution in [3.8, 4) is 0 Å². The monoisotopic (exact) mass is 273 g/mol. The highest BCUT2D eigenvalue weighted by Gasteiger charge is 2.24. The molecule has 2 nitrogen and oxygen atoms in total. The third kappa shape index (κ3) is 3.69. The number of nitrogens with zero attached hydrogens (tertiary/aromatic N) is 1. The fraction of sp³-hybridized carbons (Fsp3) is 0.611. The van der Waals surface area contributed by atoms with Crippen LogP contribution >= 0.6 is 0 Å². The van der Waals surface area contributed by atoms with Crippen molar-refractivity contribution in [3.05, 3.63) is 35.4 Å². The van der Waals surface area contributed by atoms with Gasteiger partial charge < -0.3 is 0 Å². The molecule has 0 unspecified atom stereocenters. The van der Waals surface area contributed by atoms with E-state index >= 15 is 0 Å². The molecule has 1 saturated heterocycles. The first-order valence-corrected chi connectivity index (χ1v) is 7.94. The Balaban J connectivity index is 1.84. The summed E-state index contributed by atoms with van der Waals surface area (Å²) in [5, 5.41) is 0. The van der Waals surface area contributed by atoms with Crippen LogP contribution in [0.3, 0.4) is 0 Å². The highest BCUT2D eigenvalue weighted by atomic mass is 16.1. The van der Waals surface area contributed by atoms with Crippen LogP contribution in [0.15, 0.2) is 24.3 Å². The molecule has 0 aromatic heterocycles. The second-order valence-electron chi connectivity index (χ2n) is 6.21. The van der Waals surface area contributed by atoms with Crippen molar-refractivity contribution < 1.29 is 4.79 Å². The van der Waals surface area contributed by atoms with E-state index in [1.54, 1.807) is 0 Å². The Hall–Kier alpha value is -1.15. The summed E-state index contributed by atoms with van der Waals surface area (Å²) in [4.78, 5) is 14.8. The Morgan fingerprint density at radius 3 is 2.50 bits per heavy atom. The molecule has 0 radical (unpaired) electrons. The number of rotatable bonds is 5. The van der Waals surface area contributed by atoms with E-state index in [4.69, 9.17) is 0 Å². The first-order chi connectivity index (χ1) is 9.59. The molecule has 1 aliphatic heterocycles. The third-order valence-corrected chi connectivity index (χ3v) is 4.64. The predicted molar refractivity (Wildman–Crippen MR) is 84.2 cm³/mol. The number of aryl methyl sites for hydroxylation is 1. The maximum absolute atomic E-state index is 12.3. The lowest BCUT2D eigenvalue weighted by atomic mass is 9.96. The lowest BCUT2D eigenvalue weighted by molar-refractivity contribution is 0.0900. The molecular formula is C18H27NO. The van der Waals surface area contributed by atoms with Gasteiger partial charge in [0.25, 0.3) is 0 Å². The topological polar surface area (TPSA) is 20.3 Å². The maximum Gasteiger partial charge on any atom is 0.163 e. The summed E-state index contributed by atoms with van der Waals surface area (Å²) in [5.41, 5.74) is 1.99. The van der Waals surface area contributed by atoms with Gasteiger partial charge in [-0.1, -0.05) is 30.7 Å². The number of ketones is 1. The summed E-state index contributed by atoms with van der Waals surface area (Å²) in [6, 6.07) is 9.25. The minimum absolute atomic E-state index is 0.292. The molecule has 1 heterocycles. The Morgan fingerprint density at radius 1 is 1.20 bits per heavy atom. The first-order valence-electron chi connectivity index (χ1n) is 7.94. The number of benzene rings is 1. The Bertz CT molecular complexity index is 444. The lowest BCUT2D eigenvalue weighted by Gasteiger charge is -2.39. The Kier molecular flexibility index (Phi) is 5.36. The van der Waals surface area contributed by atoms with E-state index in [-0.39, 0.29) is 0 Å². The van der Waals surface area contributed by atoms with E-state index in [0.29, 0.717) is 24.3 Å². The molecule has 110 valence electrons. The number of hydrogen-bond acceptors (Lipinski definition) is 2. The summed E-state index contributed by atoms with van der Waals surface area (Å²) < 4.78 is 0. The molecular weight excluding hydrogens is 246 g/mol. The molecule has 1 fully saturated rings. The molecule has 0 bridgehead atoms. The van der Waals surface area contributed by atoms with Gasteiger partial charge >= 0.3 is 0 Å². The van der Waals surface area contributed by atoms with Gasteiger partial charge in [-0.2, -0.15) is 0 Å². The molecule has 1 aromatic carbocycles. The van der Waals surface area contributed by atoms with Gasteiger partial charge in [-0.15, -0.1) is 0 Å². The van der Waals surface area contributed by atoms with Crippen LogP contribution in [0.2, 0.25) is 0 Å². The molecule has 2 heteroatoms. The van der Waals surface area contributed by atoms with Crippen LogP contribution in [0.4, 0.5) is 0 Å². The van der Waals surface area contributed by atoms with Crippen LogP contribution in [0.25, 0.3) is 0 Å². The zero-order chi connectivity index (χ0) is 14.5. The molecule has 2 rings (SSSR count). The van der Waals surface area contributed by atoms with Gasteiger partial charge in [-0.05, 0) is 52.1 Å². The molecule has 0 N–H and O–H groups in total. The SMILES string of the molecule is Cc1ccccc1C(=O)CCCN1[C@H](C)CCC[C@@H]1C. The molecule has 0 amide bonds. The zero-order valence-corrected chi connectivity index (χ0v) is 13.1. The smallest absolute Gasteiger partial charge is 0.163 e. The summed E-state index contributed by atoms with van der Waals surface area (Å²) in [6.45, 7) is 7.71. The molecule has 1 aliphatic rings. The molecule has 0 saturated carbocycles. The number of likely N-dealkylation sites (tertiary alicyclic amines) is 1. The van der Waals surface area contributed by atoms with Crippen molar-refractivity contribution in [1.29, 1.82) is 0 Å². The second-order valence-corrected chi connectivity index (χ2v) is 6.21. The van der Waals surface area contributed by atoms with Crippen molar-refractivity contribution >= 4 is 5.78 Å². The molecule has 1 aromatic rings. The van der Waals surface area contributed by atoms with Gasteiger partial charge in [0.15, 0.2) is 5.78 Å². The highest BCUT2D eigenvalue weighted by Crippen LogP contribution is 2.23. The molecule has 0 aliphatic carbocycles. The van der Waals surface area contributed by atoms with Crippen molar-refractivity contribution in [2.24, 2.45) is 0 Å². The van der Waals surface area contributed by atoms with Gasteiger partial charge in [0.05, 0.1) is 0 Å². The van der Waals surface area contributed by atoms with Gasteiger partial charge in [0.1, 0.15) is 0 Å². The van der Waals surface area contributed by atoms with E-state index in [1.165, 1.54) is 19.3 Å². The summed E-state index contributed by atoms with van der Waals surface area (Å²) in [6.07, 6.45) is 5.59. The Morgan fingerprint density at radius 2 is 1.85 bits per heavy atom. The van der Waals surface area contributed by atoms with E-state index < -0.39 is 0 Å². The third-order valence-electron chi connectivity index (χ3n) is 4.64. The summed E-state index contributed by atoms with van der Waals surface area (Å²) in [5.74, 6) is 0.292. The van der Waals surface area contributed by atoms with Crippen molar-refractivity contribution in [3.63, 3.8) is 0 Å². The van der Waals surface area contributed by atoms with Gasteiger partial charge in [0, 0.05) is 24.1 Å². The van der Waals surface area contributed by atoms with Gasteiger partial charge in [-0.3, -0.25) is 9.69 Å². The summed E-state index contributed by atoms with van der Waals surface area (Å²) >= 11 is 0. The van der Waals surface area contributed by atoms with E-state index in [9.17, 15) is 4.79 Å². The number of Topliss-reactive ketones (excluding diaryl/α,β-unsaturated/α-hetero) is 1. The van der Waals surface area contributed by atoms with Crippen LogP contribution in [-0.2, 0) is 0 Å². The zero-order valence-electron chi connectivity index (χ0n) is 13.1. The highest BCUT2D eigenvalue weighted by molar-refractivity contribution is 5.97. The standard InChI is InChI=1S/C18H27NO/c1-14-8-4-5-11-17(14)18(20)12-7-13-19-15(2)9-6-10-16(19)3/h4-5,8,11,15-16H,6-7,9-10,12-13H2,1-3H3/t15-,16+. The van der Waals surface area contributed by atoms with E-state index in [2.05, 4.69) is 18.7 Å². The number of piperidine rings is 1. The van der Waals surface area contributed by atoms with Crippen LogP contribution in [0.5, 0.6) is 0 Å². The average Bonchev–Trinajstić information content (AvgIpc) is 2.42. The minimum atomic E-state index is 0.292. The Labute approximate surface area is 123 Å². The maximum atomic E-state index is 12.3. The fourth-order valence-electron chi connectivity index (χ4n) is 3.36. The van der Waals surface area contributed by atoms with Crippen LogP contribution < -0.4 is 0 Å². The van der Waals surface area contributed by atoms with Crippen LogP contribution in [-0.4, -0.2) is 29.3 Å².